The number of esters is 1. The van der Waals surface area contributed by atoms with E-state index in [4.69, 9.17) is 9.47 Å². The number of aliphatic hydroxyl groups excluding tert-OH is 2. The average molecular weight is 413 g/mol. The van der Waals surface area contributed by atoms with Crippen LogP contribution in [0.15, 0.2) is 12.2 Å². The molecule has 2 N–H and O–H groups in total. The summed E-state index contributed by atoms with van der Waals surface area (Å²) in [5.74, 6) is -0.579. The minimum absolute atomic E-state index is 0.0518. The number of carbonyl (C=O) groups excluding carboxylic acids is 1. The highest BCUT2D eigenvalue weighted by Gasteiger charge is 2.43. The van der Waals surface area contributed by atoms with Crippen molar-refractivity contribution in [3.8, 4) is 0 Å². The van der Waals surface area contributed by atoms with E-state index in [9.17, 15) is 15.0 Å². The molecule has 1 heterocycles. The topological polar surface area (TPSA) is 85.2 Å². The maximum absolute atomic E-state index is 11.1. The average Bonchev–Trinajstić information content (AvgIpc) is 3.27. The molecule has 0 unspecified atom stereocenters. The second-order valence-electron chi connectivity index (χ2n) is 8.48. The summed E-state index contributed by atoms with van der Waals surface area (Å²) in [7, 11) is 1.40. The maximum atomic E-state index is 11.1. The summed E-state index contributed by atoms with van der Waals surface area (Å²) < 4.78 is 16.6. The minimum atomic E-state index is -0.503. The van der Waals surface area contributed by atoms with E-state index >= 15 is 0 Å². The number of rotatable bonds is 13. The van der Waals surface area contributed by atoms with E-state index in [1.54, 1.807) is 0 Å². The minimum Gasteiger partial charge on any atom is -0.469 e. The van der Waals surface area contributed by atoms with Gasteiger partial charge in [0.25, 0.3) is 0 Å². The first-order valence-electron chi connectivity index (χ1n) is 11.4. The van der Waals surface area contributed by atoms with Crippen molar-refractivity contribution in [2.24, 2.45) is 11.8 Å². The van der Waals surface area contributed by atoms with E-state index in [1.165, 1.54) is 13.5 Å². The van der Waals surface area contributed by atoms with Crippen LogP contribution in [0, 0.1) is 11.8 Å². The van der Waals surface area contributed by atoms with Crippen LogP contribution in [0.3, 0.4) is 0 Å². The van der Waals surface area contributed by atoms with Crippen LogP contribution < -0.4 is 0 Å². The van der Waals surface area contributed by atoms with Gasteiger partial charge in [0.15, 0.2) is 5.79 Å². The molecule has 0 aromatic heterocycles. The maximum Gasteiger partial charge on any atom is 0.305 e. The second-order valence-corrected chi connectivity index (χ2v) is 8.48. The molecule has 6 nitrogen and oxygen atoms in total. The van der Waals surface area contributed by atoms with Crippen LogP contribution in [0.2, 0.25) is 0 Å². The number of unbranched alkanes of at least 4 members (excludes halogenated alkanes) is 3. The van der Waals surface area contributed by atoms with Crippen molar-refractivity contribution in [1.29, 1.82) is 0 Å². The summed E-state index contributed by atoms with van der Waals surface area (Å²) >= 11 is 0. The molecule has 1 saturated carbocycles. The molecule has 4 atom stereocenters. The lowest BCUT2D eigenvalue weighted by molar-refractivity contribution is -0.171. The molecule has 0 amide bonds. The summed E-state index contributed by atoms with van der Waals surface area (Å²) in [6.07, 6.45) is 12.3. The molecule has 1 aliphatic heterocycles. The van der Waals surface area contributed by atoms with Gasteiger partial charge < -0.3 is 24.4 Å². The molecule has 0 radical (unpaired) electrons. The highest BCUT2D eigenvalue weighted by molar-refractivity contribution is 5.69. The van der Waals surface area contributed by atoms with Crippen LogP contribution in [-0.4, -0.2) is 54.5 Å². The summed E-state index contributed by atoms with van der Waals surface area (Å²) in [5.41, 5.74) is 0. The lowest BCUT2D eigenvalue weighted by Gasteiger charge is -2.31. The highest BCUT2D eigenvalue weighted by Crippen LogP contribution is 2.41. The van der Waals surface area contributed by atoms with E-state index in [2.05, 4.69) is 23.8 Å². The highest BCUT2D eigenvalue weighted by atomic mass is 16.7. The van der Waals surface area contributed by atoms with Gasteiger partial charge in [0.1, 0.15) is 0 Å². The lowest BCUT2D eigenvalue weighted by atomic mass is 9.85. The van der Waals surface area contributed by atoms with E-state index < -0.39 is 18.0 Å². The molecule has 29 heavy (non-hydrogen) atoms. The van der Waals surface area contributed by atoms with Crippen LogP contribution in [0.1, 0.15) is 77.6 Å². The van der Waals surface area contributed by atoms with Gasteiger partial charge in [-0.05, 0) is 50.4 Å². The van der Waals surface area contributed by atoms with Gasteiger partial charge in [-0.1, -0.05) is 31.9 Å². The Bertz CT molecular complexity index is 500. The van der Waals surface area contributed by atoms with Crippen LogP contribution in [0.25, 0.3) is 0 Å². The smallest absolute Gasteiger partial charge is 0.305 e. The lowest BCUT2D eigenvalue weighted by Crippen LogP contribution is -2.33. The molecule has 1 saturated heterocycles. The number of ether oxygens (including phenoxy) is 3. The third-order valence-electron chi connectivity index (χ3n) is 6.41. The van der Waals surface area contributed by atoms with Crippen molar-refractivity contribution in [2.45, 2.75) is 95.5 Å². The number of aliphatic hydroxyl groups is 2. The molecule has 2 fully saturated rings. The zero-order chi connectivity index (χ0) is 21.1. The first-order valence-corrected chi connectivity index (χ1v) is 11.4. The number of allylic oxidation sites excluding steroid dienone is 2. The molecule has 1 aliphatic carbocycles. The Morgan fingerprint density at radius 1 is 1.07 bits per heavy atom. The molecular weight excluding hydrogens is 372 g/mol. The molecular formula is C23H40O6. The Balaban J connectivity index is 1.82. The van der Waals surface area contributed by atoms with Gasteiger partial charge in [0, 0.05) is 19.3 Å². The Morgan fingerprint density at radius 2 is 1.79 bits per heavy atom. The Kier molecular flexibility index (Phi) is 10.6. The van der Waals surface area contributed by atoms with Crippen molar-refractivity contribution >= 4 is 5.97 Å². The van der Waals surface area contributed by atoms with Crippen LogP contribution in [0.4, 0.5) is 0 Å². The van der Waals surface area contributed by atoms with E-state index in [0.29, 0.717) is 26.1 Å². The third kappa shape index (κ3) is 7.67. The summed E-state index contributed by atoms with van der Waals surface area (Å²) in [6, 6.07) is 0. The fourth-order valence-corrected chi connectivity index (χ4v) is 4.69. The largest absolute Gasteiger partial charge is 0.469 e. The van der Waals surface area contributed by atoms with Crippen molar-refractivity contribution in [1.82, 2.24) is 0 Å². The summed E-state index contributed by atoms with van der Waals surface area (Å²) in [5, 5.41) is 21.0. The summed E-state index contributed by atoms with van der Waals surface area (Å²) in [4.78, 5) is 11.1. The third-order valence-corrected chi connectivity index (χ3v) is 6.41. The quantitative estimate of drug-likeness (QED) is 0.272. The number of carbonyl (C=O) groups is 1. The predicted molar refractivity (Wildman–Crippen MR) is 111 cm³/mol. The van der Waals surface area contributed by atoms with Gasteiger partial charge in [-0.25, -0.2) is 0 Å². The Hall–Kier alpha value is -0.950. The fraction of sp³-hybridized carbons (Fsp3) is 0.870. The van der Waals surface area contributed by atoms with E-state index in [-0.39, 0.29) is 17.8 Å². The molecule has 6 heteroatoms. The molecule has 2 aliphatic rings. The SMILES string of the molecule is CCCCCC1(CC[C@@H]2[C@@H](C/C=C\CCCC(=O)OC)[C@@H](O)C[C@@H]2O)OCCO1. The monoisotopic (exact) mass is 412 g/mol. The van der Waals surface area contributed by atoms with Crippen molar-refractivity contribution in [3.63, 3.8) is 0 Å². The molecule has 2 rings (SSSR count). The standard InChI is InChI=1S/C23H40O6/c1-3-4-9-13-23(28-15-16-29-23)14-12-19-18(20(24)17-21(19)25)10-7-5-6-8-11-22(26)27-2/h5,7,18-21,24-25H,3-4,6,8-17H2,1-2H3/b7-5-/t18-,19-,20+,21+/m1/s1. The van der Waals surface area contributed by atoms with Crippen molar-refractivity contribution < 1.29 is 29.2 Å². The van der Waals surface area contributed by atoms with Crippen LogP contribution >= 0.6 is 0 Å². The van der Waals surface area contributed by atoms with E-state index in [0.717, 1.165) is 51.4 Å². The van der Waals surface area contributed by atoms with Gasteiger partial charge in [-0.3, -0.25) is 4.79 Å². The fourth-order valence-electron chi connectivity index (χ4n) is 4.69. The van der Waals surface area contributed by atoms with Gasteiger partial charge >= 0.3 is 5.97 Å². The second kappa shape index (κ2) is 12.7. The summed E-state index contributed by atoms with van der Waals surface area (Å²) in [6.45, 7) is 3.46. The molecule has 0 aromatic carbocycles. The van der Waals surface area contributed by atoms with E-state index in [1.807, 2.05) is 0 Å². The zero-order valence-corrected chi connectivity index (χ0v) is 18.2. The predicted octanol–water partition coefficient (Wildman–Crippen LogP) is 3.74. The number of hydrogen-bond donors (Lipinski definition) is 2. The van der Waals surface area contributed by atoms with Gasteiger partial charge in [-0.2, -0.15) is 0 Å². The zero-order valence-electron chi connectivity index (χ0n) is 18.2. The van der Waals surface area contributed by atoms with Crippen LogP contribution in [0.5, 0.6) is 0 Å². The van der Waals surface area contributed by atoms with Gasteiger partial charge in [-0.15, -0.1) is 0 Å². The number of methoxy groups -OCH3 is 1. The molecule has 168 valence electrons. The molecule has 0 aromatic rings. The normalized spacial score (nSPS) is 29.0. The first-order chi connectivity index (χ1) is 14.0. The van der Waals surface area contributed by atoms with Crippen molar-refractivity contribution in [3.05, 3.63) is 12.2 Å². The van der Waals surface area contributed by atoms with Gasteiger partial charge in [0.05, 0.1) is 32.5 Å². The first kappa shape index (κ1) is 24.3. The molecule has 0 spiro atoms. The Morgan fingerprint density at radius 3 is 2.48 bits per heavy atom. The Labute approximate surface area is 175 Å². The van der Waals surface area contributed by atoms with Crippen molar-refractivity contribution in [2.75, 3.05) is 20.3 Å². The van der Waals surface area contributed by atoms with Gasteiger partial charge in [0.2, 0.25) is 0 Å². The molecule has 0 bridgehead atoms. The van der Waals surface area contributed by atoms with Crippen LogP contribution in [-0.2, 0) is 19.0 Å². The number of hydrogen-bond acceptors (Lipinski definition) is 6.